The number of hydrogen-bond donors (Lipinski definition) is 1. The molecule has 0 saturated carbocycles. The maximum atomic E-state index is 6.69. The van der Waals surface area contributed by atoms with Gasteiger partial charge in [-0.15, -0.1) is 13.2 Å². The van der Waals surface area contributed by atoms with Crippen molar-refractivity contribution in [2.45, 2.75) is 33.6 Å². The molecule has 0 bridgehead atoms. The summed E-state index contributed by atoms with van der Waals surface area (Å²) in [6.45, 7) is 15.7. The molecule has 0 atom stereocenters. The summed E-state index contributed by atoms with van der Waals surface area (Å²) >= 11 is 0. The van der Waals surface area contributed by atoms with Crippen LogP contribution in [-0.2, 0) is 0 Å². The predicted molar refractivity (Wildman–Crippen MR) is 55.4 cm³/mol. The van der Waals surface area contributed by atoms with Crippen molar-refractivity contribution in [1.82, 2.24) is 0 Å². The summed E-state index contributed by atoms with van der Waals surface area (Å²) in [6.07, 6.45) is 3.36. The van der Waals surface area contributed by atoms with E-state index in [-0.39, 0.29) is 0 Å². The third-order valence-electron chi connectivity index (χ3n) is 0.775. The van der Waals surface area contributed by atoms with E-state index in [0.29, 0.717) is 0 Å². The molecular formula is C10H21N. The summed E-state index contributed by atoms with van der Waals surface area (Å²) in [4.78, 5) is 0. The number of rotatable bonds is 3. The molecule has 1 nitrogen and oxygen atoms in total. The fourth-order valence-electron chi connectivity index (χ4n) is 0.393. The van der Waals surface area contributed by atoms with Crippen LogP contribution < -0.4 is 0 Å². The third kappa shape index (κ3) is 27.2. The Bertz CT molecular complexity index is 84.9. The van der Waals surface area contributed by atoms with E-state index in [2.05, 4.69) is 26.7 Å². The zero-order chi connectivity index (χ0) is 9.70. The average molecular weight is 155 g/mol. The van der Waals surface area contributed by atoms with Gasteiger partial charge in [-0.25, -0.2) is 0 Å². The molecule has 0 radical (unpaired) electrons. The summed E-state index contributed by atoms with van der Waals surface area (Å²) < 4.78 is 0. The number of hydrogen-bond acceptors (Lipinski definition) is 1. The maximum absolute atomic E-state index is 6.69. The lowest BCUT2D eigenvalue weighted by Crippen LogP contribution is -1.77. The molecule has 1 N–H and O–H groups in total. The summed E-state index contributed by atoms with van der Waals surface area (Å²) in [7, 11) is 0. The average Bonchev–Trinajstić information content (AvgIpc) is 2.12. The standard InChI is InChI=1S/C6H11N.C2H6.C2H4/c1-3-4-6(2)5-7;2*1-2/h5,7H,2-4H2,1H3;1-2H3;1-2H2. The summed E-state index contributed by atoms with van der Waals surface area (Å²) in [5, 5.41) is 6.69. The first-order valence-electron chi connectivity index (χ1n) is 3.99. The van der Waals surface area contributed by atoms with E-state index in [4.69, 9.17) is 5.41 Å². The minimum atomic E-state index is 0.919. The molecule has 0 spiro atoms. The van der Waals surface area contributed by atoms with Gasteiger partial charge in [0, 0.05) is 6.21 Å². The van der Waals surface area contributed by atoms with Crippen LogP contribution in [0.4, 0.5) is 0 Å². The monoisotopic (exact) mass is 155 g/mol. The zero-order valence-electron chi connectivity index (χ0n) is 8.11. The second kappa shape index (κ2) is 22.9. The van der Waals surface area contributed by atoms with Gasteiger partial charge in [0.25, 0.3) is 0 Å². The second-order valence-electron chi connectivity index (χ2n) is 1.55. The Morgan fingerprint density at radius 1 is 1.36 bits per heavy atom. The van der Waals surface area contributed by atoms with Crippen LogP contribution in [0, 0.1) is 5.41 Å². The van der Waals surface area contributed by atoms with Crippen LogP contribution in [0.25, 0.3) is 0 Å². The van der Waals surface area contributed by atoms with E-state index in [0.717, 1.165) is 18.4 Å². The van der Waals surface area contributed by atoms with Crippen molar-refractivity contribution >= 4 is 6.21 Å². The van der Waals surface area contributed by atoms with Crippen LogP contribution >= 0.6 is 0 Å². The van der Waals surface area contributed by atoms with Crippen LogP contribution in [0.1, 0.15) is 33.6 Å². The molecule has 0 aromatic rings. The minimum absolute atomic E-state index is 0.919. The van der Waals surface area contributed by atoms with Gasteiger partial charge in [-0.05, 0) is 12.0 Å². The fraction of sp³-hybridized carbons (Fsp3) is 0.500. The lowest BCUT2D eigenvalue weighted by Gasteiger charge is -1.88. The summed E-state index contributed by atoms with van der Waals surface area (Å²) in [6, 6.07) is 0. The fourth-order valence-corrected chi connectivity index (χ4v) is 0.393. The SMILES string of the molecule is C=C.C=C(C=N)CCC.CC. The Labute approximate surface area is 71.3 Å². The van der Waals surface area contributed by atoms with Crippen molar-refractivity contribution in [3.05, 3.63) is 25.3 Å². The smallest absolute Gasteiger partial charge is 0.0203 e. The van der Waals surface area contributed by atoms with Gasteiger partial charge in [0.15, 0.2) is 0 Å². The molecule has 0 fully saturated rings. The van der Waals surface area contributed by atoms with Gasteiger partial charge in [-0.2, -0.15) is 0 Å². The quantitative estimate of drug-likeness (QED) is 0.473. The number of allylic oxidation sites excluding steroid dienone is 1. The zero-order valence-corrected chi connectivity index (χ0v) is 8.11. The van der Waals surface area contributed by atoms with Crippen molar-refractivity contribution in [2.24, 2.45) is 0 Å². The Hall–Kier alpha value is -0.850. The van der Waals surface area contributed by atoms with Gasteiger partial charge in [0.1, 0.15) is 0 Å². The van der Waals surface area contributed by atoms with Gasteiger partial charge in [0.2, 0.25) is 0 Å². The van der Waals surface area contributed by atoms with Crippen molar-refractivity contribution in [3.63, 3.8) is 0 Å². The molecule has 0 aliphatic heterocycles. The van der Waals surface area contributed by atoms with E-state index >= 15 is 0 Å². The van der Waals surface area contributed by atoms with Crippen LogP contribution in [0.3, 0.4) is 0 Å². The maximum Gasteiger partial charge on any atom is 0.0203 e. The minimum Gasteiger partial charge on any atom is -0.308 e. The van der Waals surface area contributed by atoms with Crippen LogP contribution in [0.2, 0.25) is 0 Å². The van der Waals surface area contributed by atoms with Crippen LogP contribution in [-0.4, -0.2) is 6.21 Å². The van der Waals surface area contributed by atoms with Gasteiger partial charge in [0.05, 0.1) is 0 Å². The molecule has 0 saturated heterocycles. The summed E-state index contributed by atoms with van der Waals surface area (Å²) in [5.41, 5.74) is 0.919. The highest BCUT2D eigenvalue weighted by Gasteiger charge is 1.81. The molecule has 0 unspecified atom stereocenters. The molecule has 0 rings (SSSR count). The van der Waals surface area contributed by atoms with Gasteiger partial charge < -0.3 is 5.41 Å². The van der Waals surface area contributed by atoms with Gasteiger partial charge in [-0.3, -0.25) is 0 Å². The molecular weight excluding hydrogens is 134 g/mol. The Morgan fingerprint density at radius 3 is 1.82 bits per heavy atom. The molecule has 1 heteroatoms. The van der Waals surface area contributed by atoms with E-state index < -0.39 is 0 Å². The van der Waals surface area contributed by atoms with Crippen molar-refractivity contribution in [2.75, 3.05) is 0 Å². The van der Waals surface area contributed by atoms with E-state index in [1.807, 2.05) is 13.8 Å². The lowest BCUT2D eigenvalue weighted by atomic mass is 10.2. The molecule has 0 aliphatic rings. The Kier molecular flexibility index (Phi) is 34.6. The van der Waals surface area contributed by atoms with E-state index in [1.54, 1.807) is 0 Å². The Balaban J connectivity index is -0.000000138. The molecule has 0 aliphatic carbocycles. The van der Waals surface area contributed by atoms with Crippen molar-refractivity contribution < 1.29 is 0 Å². The molecule has 11 heavy (non-hydrogen) atoms. The topological polar surface area (TPSA) is 23.9 Å². The largest absolute Gasteiger partial charge is 0.308 e. The predicted octanol–water partition coefficient (Wildman–Crippen LogP) is 3.82. The van der Waals surface area contributed by atoms with Crippen LogP contribution in [0.15, 0.2) is 25.3 Å². The van der Waals surface area contributed by atoms with Crippen molar-refractivity contribution in [3.8, 4) is 0 Å². The van der Waals surface area contributed by atoms with E-state index in [9.17, 15) is 0 Å². The highest BCUT2D eigenvalue weighted by atomic mass is 14.3. The first-order valence-corrected chi connectivity index (χ1v) is 3.99. The third-order valence-corrected chi connectivity index (χ3v) is 0.775. The van der Waals surface area contributed by atoms with E-state index in [1.165, 1.54) is 6.21 Å². The molecule has 66 valence electrons. The second-order valence-corrected chi connectivity index (χ2v) is 1.55. The molecule has 0 heterocycles. The molecule has 0 amide bonds. The number of nitrogens with one attached hydrogen (secondary N) is 1. The molecule has 0 aromatic heterocycles. The van der Waals surface area contributed by atoms with Crippen LogP contribution in [0.5, 0.6) is 0 Å². The molecule has 0 aromatic carbocycles. The summed E-state index contributed by atoms with van der Waals surface area (Å²) in [5.74, 6) is 0. The lowest BCUT2D eigenvalue weighted by molar-refractivity contribution is 0.941. The normalized spacial score (nSPS) is 6.09. The van der Waals surface area contributed by atoms with Crippen molar-refractivity contribution in [1.29, 1.82) is 5.41 Å². The Morgan fingerprint density at radius 2 is 1.73 bits per heavy atom. The highest BCUT2D eigenvalue weighted by molar-refractivity contribution is 5.74. The van der Waals surface area contributed by atoms with Gasteiger partial charge in [-0.1, -0.05) is 33.8 Å². The first-order chi connectivity index (χ1) is 5.31. The highest BCUT2D eigenvalue weighted by Crippen LogP contribution is 1.95. The van der Waals surface area contributed by atoms with Gasteiger partial charge >= 0.3 is 0 Å². The first kappa shape index (κ1) is 16.6.